The molecule has 6 nitrogen and oxygen atoms in total. The predicted octanol–water partition coefficient (Wildman–Crippen LogP) is 0.847. The Bertz CT molecular complexity index is 327. The molecule has 3 N–H and O–H groups in total. The smallest absolute Gasteiger partial charge is 0.310 e. The van der Waals surface area contributed by atoms with Crippen LogP contribution in [0.15, 0.2) is 18.2 Å². The molecule has 1 aromatic rings. The van der Waals surface area contributed by atoms with Crippen LogP contribution in [0.2, 0.25) is 0 Å². The fraction of sp³-hybridized carbons (Fsp3) is 0.143. The van der Waals surface area contributed by atoms with Crippen LogP contribution in [0.1, 0.15) is 0 Å². The molecule has 0 bridgehead atoms. The minimum atomic E-state index is -0.640. The van der Waals surface area contributed by atoms with Crippen LogP contribution in [0.5, 0.6) is 5.75 Å². The summed E-state index contributed by atoms with van der Waals surface area (Å²) in [6, 6.07) is 4.00. The number of phenols is 1. The number of nitrogens with zero attached hydrogens (tertiary/aromatic N) is 1. The molecule has 0 saturated heterocycles. The highest BCUT2D eigenvalue weighted by atomic mass is 16.6. The van der Waals surface area contributed by atoms with Gasteiger partial charge < -0.3 is 10.5 Å². The van der Waals surface area contributed by atoms with Crippen molar-refractivity contribution in [2.24, 2.45) is 0 Å². The molecule has 0 aromatic heterocycles. The van der Waals surface area contributed by atoms with Crippen LogP contribution < -0.4 is 10.9 Å². The van der Waals surface area contributed by atoms with Crippen molar-refractivity contribution in [3.8, 4) is 5.75 Å². The van der Waals surface area contributed by atoms with Gasteiger partial charge in [-0.3, -0.25) is 10.1 Å². The van der Waals surface area contributed by atoms with Crippen molar-refractivity contribution < 1.29 is 10.0 Å². The summed E-state index contributed by atoms with van der Waals surface area (Å²) in [4.78, 5) is 9.66. The quantitative estimate of drug-likeness (QED) is 0.477. The Hall–Kier alpha value is -1.82. The molecule has 0 aliphatic heterocycles. The van der Waals surface area contributed by atoms with Gasteiger partial charge >= 0.3 is 5.69 Å². The minimum Gasteiger partial charge on any atom is -0.502 e. The summed E-state index contributed by atoms with van der Waals surface area (Å²) in [5, 5.41) is 19.5. The number of rotatable bonds is 3. The first-order valence-electron chi connectivity index (χ1n) is 3.55. The minimum absolute atomic E-state index is 0.304. The van der Waals surface area contributed by atoms with Gasteiger partial charge in [-0.2, -0.15) is 0 Å². The topological polar surface area (TPSA) is 87.4 Å². The number of nitro benzene ring substituents is 1. The predicted molar refractivity (Wildman–Crippen MR) is 47.4 cm³/mol. The fourth-order valence-electron chi connectivity index (χ4n) is 0.900. The molecule has 1 rings (SSSR count). The third-order valence-electron chi connectivity index (χ3n) is 1.44. The molecule has 0 heterocycles. The zero-order valence-corrected chi connectivity index (χ0v) is 6.94. The molecule has 70 valence electrons. The van der Waals surface area contributed by atoms with Crippen LogP contribution in [-0.4, -0.2) is 17.1 Å². The Labute approximate surface area is 74.3 Å². The Balaban J connectivity index is 2.98. The van der Waals surface area contributed by atoms with E-state index >= 15 is 0 Å². The van der Waals surface area contributed by atoms with Crippen LogP contribution in [0.3, 0.4) is 0 Å². The number of nitro groups is 1. The number of benzene rings is 1. The zero-order chi connectivity index (χ0) is 9.84. The Morgan fingerprint density at radius 3 is 2.69 bits per heavy atom. The number of hydrazine groups is 1. The van der Waals surface area contributed by atoms with E-state index in [0.717, 1.165) is 0 Å². The monoisotopic (exact) mass is 183 g/mol. The average molecular weight is 183 g/mol. The van der Waals surface area contributed by atoms with E-state index in [1.807, 2.05) is 0 Å². The van der Waals surface area contributed by atoms with Crippen molar-refractivity contribution >= 4 is 11.4 Å². The number of anilines is 1. The third-order valence-corrected chi connectivity index (χ3v) is 1.44. The molecule has 0 atom stereocenters. The van der Waals surface area contributed by atoms with Crippen LogP contribution >= 0.6 is 0 Å². The lowest BCUT2D eigenvalue weighted by molar-refractivity contribution is -0.385. The number of hydrogen-bond donors (Lipinski definition) is 3. The summed E-state index contributed by atoms with van der Waals surface area (Å²) in [6.45, 7) is 0. The van der Waals surface area contributed by atoms with Crippen LogP contribution in [0, 0.1) is 10.1 Å². The van der Waals surface area contributed by atoms with Crippen molar-refractivity contribution in [1.82, 2.24) is 5.43 Å². The van der Waals surface area contributed by atoms with E-state index in [0.29, 0.717) is 5.69 Å². The van der Waals surface area contributed by atoms with Crippen molar-refractivity contribution in [3.05, 3.63) is 28.3 Å². The second-order valence-corrected chi connectivity index (χ2v) is 2.34. The second kappa shape index (κ2) is 3.72. The maximum Gasteiger partial charge on any atom is 0.310 e. The number of nitrogens with one attached hydrogen (secondary N) is 2. The fourth-order valence-corrected chi connectivity index (χ4v) is 0.900. The molecular formula is C7H9N3O3. The Morgan fingerprint density at radius 2 is 2.23 bits per heavy atom. The molecule has 0 radical (unpaired) electrons. The lowest BCUT2D eigenvalue weighted by atomic mass is 10.2. The van der Waals surface area contributed by atoms with Crippen molar-refractivity contribution in [1.29, 1.82) is 0 Å². The van der Waals surface area contributed by atoms with Crippen molar-refractivity contribution in [2.75, 3.05) is 12.5 Å². The number of phenolic OH excluding ortho intramolecular Hbond substituents is 1. The van der Waals surface area contributed by atoms with Crippen molar-refractivity contribution in [3.63, 3.8) is 0 Å². The van der Waals surface area contributed by atoms with E-state index in [2.05, 4.69) is 10.9 Å². The van der Waals surface area contributed by atoms with Crippen LogP contribution in [0.4, 0.5) is 11.4 Å². The summed E-state index contributed by atoms with van der Waals surface area (Å²) < 4.78 is 0. The van der Waals surface area contributed by atoms with E-state index in [9.17, 15) is 15.2 Å². The van der Waals surface area contributed by atoms with Gasteiger partial charge in [-0.15, -0.1) is 0 Å². The number of aromatic hydroxyl groups is 1. The molecule has 0 saturated carbocycles. The van der Waals surface area contributed by atoms with Crippen molar-refractivity contribution in [2.45, 2.75) is 0 Å². The lowest BCUT2D eigenvalue weighted by Gasteiger charge is -2.03. The first-order chi connectivity index (χ1) is 6.15. The van der Waals surface area contributed by atoms with Gasteiger partial charge in [0.05, 0.1) is 10.6 Å². The summed E-state index contributed by atoms with van der Waals surface area (Å²) in [5.74, 6) is -0.356. The van der Waals surface area contributed by atoms with E-state index in [4.69, 9.17) is 0 Å². The maximum atomic E-state index is 10.3. The molecule has 6 heteroatoms. The van der Waals surface area contributed by atoms with Crippen LogP contribution in [0.25, 0.3) is 0 Å². The first-order valence-corrected chi connectivity index (χ1v) is 3.55. The highest BCUT2D eigenvalue weighted by Crippen LogP contribution is 2.27. The van der Waals surface area contributed by atoms with E-state index in [1.165, 1.54) is 18.2 Å². The van der Waals surface area contributed by atoms with Gasteiger partial charge in [-0.25, -0.2) is 5.43 Å². The average Bonchev–Trinajstić information content (AvgIpc) is 2.04. The summed E-state index contributed by atoms with van der Waals surface area (Å²) in [5.41, 5.74) is 5.57. The standard InChI is InChI=1S/C7H9N3O3/c1-8-9-5-2-3-6(10(12)13)7(11)4-5/h2-4,8-9,11H,1H3. The summed E-state index contributed by atoms with van der Waals surface area (Å²) in [7, 11) is 1.65. The normalized spacial score (nSPS) is 9.62. The Kier molecular flexibility index (Phi) is 2.65. The number of hydrogen-bond acceptors (Lipinski definition) is 5. The molecule has 0 aliphatic carbocycles. The molecule has 0 unspecified atom stereocenters. The van der Waals surface area contributed by atoms with E-state index in [1.54, 1.807) is 7.05 Å². The first kappa shape index (κ1) is 9.27. The second-order valence-electron chi connectivity index (χ2n) is 2.34. The molecular weight excluding hydrogens is 174 g/mol. The molecule has 13 heavy (non-hydrogen) atoms. The van der Waals surface area contributed by atoms with Gasteiger partial charge in [0.25, 0.3) is 0 Å². The maximum absolute atomic E-state index is 10.3. The Morgan fingerprint density at radius 1 is 1.54 bits per heavy atom. The van der Waals surface area contributed by atoms with Gasteiger partial charge in [0, 0.05) is 19.2 Å². The van der Waals surface area contributed by atoms with Gasteiger partial charge in [0.15, 0.2) is 5.75 Å². The molecule has 0 spiro atoms. The highest BCUT2D eigenvalue weighted by Gasteiger charge is 2.12. The van der Waals surface area contributed by atoms with Gasteiger partial charge in [0.1, 0.15) is 0 Å². The van der Waals surface area contributed by atoms with Gasteiger partial charge in [0.2, 0.25) is 0 Å². The molecule has 1 aromatic carbocycles. The van der Waals surface area contributed by atoms with Gasteiger partial charge in [-0.1, -0.05) is 0 Å². The summed E-state index contributed by atoms with van der Waals surface area (Å²) >= 11 is 0. The molecule has 0 amide bonds. The van der Waals surface area contributed by atoms with Gasteiger partial charge in [-0.05, 0) is 6.07 Å². The van der Waals surface area contributed by atoms with E-state index < -0.39 is 4.92 Å². The molecule has 0 aliphatic rings. The summed E-state index contributed by atoms with van der Waals surface area (Å²) in [6.07, 6.45) is 0. The largest absolute Gasteiger partial charge is 0.502 e. The SMILES string of the molecule is CNNc1ccc([N+](=O)[O-])c(O)c1. The third kappa shape index (κ3) is 2.06. The molecule has 0 fully saturated rings. The lowest BCUT2D eigenvalue weighted by Crippen LogP contribution is -2.14. The van der Waals surface area contributed by atoms with E-state index in [-0.39, 0.29) is 11.4 Å². The zero-order valence-electron chi connectivity index (χ0n) is 6.94. The highest BCUT2D eigenvalue weighted by molar-refractivity contribution is 5.56. The van der Waals surface area contributed by atoms with Crippen LogP contribution in [-0.2, 0) is 0 Å².